The van der Waals surface area contributed by atoms with Crippen LogP contribution >= 0.6 is 0 Å². The van der Waals surface area contributed by atoms with Gasteiger partial charge < -0.3 is 14.8 Å². The summed E-state index contributed by atoms with van der Waals surface area (Å²) in [4.78, 5) is 22.9. The van der Waals surface area contributed by atoms with Crippen LogP contribution in [0.15, 0.2) is 24.3 Å². The Hall–Kier alpha value is -1.88. The largest absolute Gasteiger partial charge is 0.462 e. The van der Waals surface area contributed by atoms with E-state index in [0.717, 1.165) is 0 Å². The first-order valence-electron chi connectivity index (χ1n) is 6.21. The third kappa shape index (κ3) is 5.52. The molecule has 5 heteroatoms. The van der Waals surface area contributed by atoms with Crippen LogP contribution in [-0.2, 0) is 14.3 Å². The maximum absolute atomic E-state index is 11.5. The number of nitrogens with one attached hydrogen (secondary N) is 1. The number of hydrogen-bond acceptors (Lipinski definition) is 4. The highest BCUT2D eigenvalue weighted by atomic mass is 16.5. The van der Waals surface area contributed by atoms with Gasteiger partial charge in [-0.1, -0.05) is 0 Å². The highest BCUT2D eigenvalue weighted by molar-refractivity contribution is 5.93. The average Bonchev–Trinajstić information content (AvgIpc) is 2.37. The van der Waals surface area contributed by atoms with E-state index in [1.807, 2.05) is 13.8 Å². The first-order chi connectivity index (χ1) is 9.02. The maximum atomic E-state index is 11.5. The van der Waals surface area contributed by atoms with Gasteiger partial charge in [0.25, 0.3) is 0 Å². The lowest BCUT2D eigenvalue weighted by Crippen LogP contribution is -2.20. The number of esters is 1. The van der Waals surface area contributed by atoms with E-state index in [0.29, 0.717) is 17.9 Å². The highest BCUT2D eigenvalue weighted by Crippen LogP contribution is 2.10. The Kier molecular flexibility index (Phi) is 6.02. The minimum absolute atomic E-state index is 0.0111. The molecule has 0 bridgehead atoms. The van der Waals surface area contributed by atoms with E-state index < -0.39 is 0 Å². The summed E-state index contributed by atoms with van der Waals surface area (Å²) < 4.78 is 10.1. The summed E-state index contributed by atoms with van der Waals surface area (Å²) in [6, 6.07) is 6.52. The van der Waals surface area contributed by atoms with Gasteiger partial charge >= 0.3 is 5.97 Å². The first-order valence-corrected chi connectivity index (χ1v) is 6.21. The molecular weight excluding hydrogens is 246 g/mol. The van der Waals surface area contributed by atoms with Crippen LogP contribution in [0.25, 0.3) is 0 Å². The molecule has 0 aliphatic heterocycles. The van der Waals surface area contributed by atoms with Crippen LogP contribution in [0.3, 0.4) is 0 Å². The molecule has 1 N–H and O–H groups in total. The van der Waals surface area contributed by atoms with Crippen LogP contribution < -0.4 is 5.32 Å². The van der Waals surface area contributed by atoms with Crippen LogP contribution in [0.2, 0.25) is 0 Å². The van der Waals surface area contributed by atoms with Crippen molar-refractivity contribution in [2.45, 2.75) is 26.9 Å². The van der Waals surface area contributed by atoms with Crippen LogP contribution in [0.1, 0.15) is 31.1 Å². The van der Waals surface area contributed by atoms with Gasteiger partial charge in [0.2, 0.25) is 5.91 Å². The summed E-state index contributed by atoms with van der Waals surface area (Å²) >= 11 is 0. The van der Waals surface area contributed by atoms with Crippen molar-refractivity contribution in [3.05, 3.63) is 29.8 Å². The molecule has 1 aromatic rings. The summed E-state index contributed by atoms with van der Waals surface area (Å²) in [6.07, 6.45) is 0.0111. The van der Waals surface area contributed by atoms with Crippen molar-refractivity contribution in [1.29, 1.82) is 0 Å². The summed E-state index contributed by atoms with van der Waals surface area (Å²) in [5.74, 6) is -0.596. The van der Waals surface area contributed by atoms with Crippen molar-refractivity contribution in [3.8, 4) is 0 Å². The Morgan fingerprint density at radius 3 is 2.37 bits per heavy atom. The molecule has 0 aliphatic rings. The van der Waals surface area contributed by atoms with Crippen LogP contribution in [0.4, 0.5) is 5.69 Å². The molecule has 0 atom stereocenters. The Morgan fingerprint density at radius 1 is 1.21 bits per heavy atom. The number of anilines is 1. The van der Waals surface area contributed by atoms with Crippen LogP contribution in [-0.4, -0.2) is 31.2 Å². The number of ether oxygens (including phenoxy) is 2. The predicted octanol–water partition coefficient (Wildman–Crippen LogP) is 2.23. The van der Waals surface area contributed by atoms with Crippen molar-refractivity contribution in [2.24, 2.45) is 0 Å². The Balaban J connectivity index is 2.52. The predicted molar refractivity (Wildman–Crippen MR) is 72.1 cm³/mol. The van der Waals surface area contributed by atoms with Gasteiger partial charge in [-0.25, -0.2) is 4.79 Å². The molecule has 19 heavy (non-hydrogen) atoms. The molecule has 5 nitrogen and oxygen atoms in total. The maximum Gasteiger partial charge on any atom is 0.338 e. The highest BCUT2D eigenvalue weighted by Gasteiger charge is 2.07. The summed E-state index contributed by atoms with van der Waals surface area (Å²) in [5.41, 5.74) is 1.07. The van der Waals surface area contributed by atoms with Gasteiger partial charge in [0.15, 0.2) is 0 Å². The monoisotopic (exact) mass is 265 g/mol. The molecule has 1 rings (SSSR count). The smallest absolute Gasteiger partial charge is 0.338 e. The second kappa shape index (κ2) is 7.53. The zero-order chi connectivity index (χ0) is 14.3. The fourth-order valence-corrected chi connectivity index (χ4v) is 1.34. The molecule has 0 saturated heterocycles. The van der Waals surface area contributed by atoms with Gasteiger partial charge in [-0.3, -0.25) is 4.79 Å². The van der Waals surface area contributed by atoms with Crippen molar-refractivity contribution >= 4 is 17.6 Å². The summed E-state index contributed by atoms with van der Waals surface area (Å²) in [7, 11) is 0. The number of carbonyl (C=O) groups excluding carboxylic acids is 2. The Labute approximate surface area is 112 Å². The van der Waals surface area contributed by atoms with Crippen LogP contribution in [0, 0.1) is 0 Å². The van der Waals surface area contributed by atoms with Gasteiger partial charge in [-0.05, 0) is 45.0 Å². The lowest BCUT2D eigenvalue weighted by atomic mass is 10.2. The third-order valence-corrected chi connectivity index (χ3v) is 2.23. The minimum atomic E-state index is -0.372. The molecule has 0 spiro atoms. The van der Waals surface area contributed by atoms with Crippen molar-refractivity contribution in [2.75, 3.05) is 18.5 Å². The molecule has 0 saturated carbocycles. The number of rotatable bonds is 6. The summed E-state index contributed by atoms with van der Waals surface area (Å²) in [5, 5.41) is 2.68. The van der Waals surface area contributed by atoms with E-state index in [-0.39, 0.29) is 24.6 Å². The standard InChI is InChI=1S/C14H19NO4/c1-4-18-14(17)11-5-7-12(8-6-11)15-13(16)9-19-10(2)3/h5-8,10H,4,9H2,1-3H3,(H,15,16). The normalized spacial score (nSPS) is 10.3. The molecule has 0 unspecified atom stereocenters. The number of benzene rings is 1. The molecule has 0 fully saturated rings. The van der Waals surface area contributed by atoms with Gasteiger partial charge in [0.1, 0.15) is 6.61 Å². The number of carbonyl (C=O) groups is 2. The molecule has 1 amide bonds. The average molecular weight is 265 g/mol. The van der Waals surface area contributed by atoms with E-state index in [1.165, 1.54) is 0 Å². The van der Waals surface area contributed by atoms with E-state index in [2.05, 4.69) is 5.32 Å². The topological polar surface area (TPSA) is 64.6 Å². The second-order valence-electron chi connectivity index (χ2n) is 4.21. The third-order valence-electron chi connectivity index (χ3n) is 2.23. The van der Waals surface area contributed by atoms with Gasteiger partial charge in [-0.2, -0.15) is 0 Å². The van der Waals surface area contributed by atoms with Crippen LogP contribution in [0.5, 0.6) is 0 Å². The Morgan fingerprint density at radius 2 is 1.84 bits per heavy atom. The molecule has 1 aromatic carbocycles. The lowest BCUT2D eigenvalue weighted by Gasteiger charge is -2.09. The minimum Gasteiger partial charge on any atom is -0.462 e. The first kappa shape index (κ1) is 15.2. The molecule has 0 heterocycles. The molecule has 0 aromatic heterocycles. The van der Waals surface area contributed by atoms with E-state index in [1.54, 1.807) is 31.2 Å². The molecule has 0 radical (unpaired) electrons. The summed E-state index contributed by atoms with van der Waals surface area (Å²) in [6.45, 7) is 5.82. The quantitative estimate of drug-likeness (QED) is 0.801. The van der Waals surface area contributed by atoms with E-state index in [4.69, 9.17) is 9.47 Å². The zero-order valence-corrected chi connectivity index (χ0v) is 11.4. The van der Waals surface area contributed by atoms with Crippen molar-refractivity contribution in [1.82, 2.24) is 0 Å². The molecule has 104 valence electrons. The van der Waals surface area contributed by atoms with Gasteiger partial charge in [-0.15, -0.1) is 0 Å². The Bertz CT molecular complexity index is 426. The van der Waals surface area contributed by atoms with Crippen molar-refractivity contribution < 1.29 is 19.1 Å². The molecule has 0 aliphatic carbocycles. The van der Waals surface area contributed by atoms with E-state index >= 15 is 0 Å². The fourth-order valence-electron chi connectivity index (χ4n) is 1.34. The molecular formula is C14H19NO4. The second-order valence-corrected chi connectivity index (χ2v) is 4.21. The van der Waals surface area contributed by atoms with Gasteiger partial charge in [0, 0.05) is 5.69 Å². The lowest BCUT2D eigenvalue weighted by molar-refractivity contribution is -0.121. The van der Waals surface area contributed by atoms with Gasteiger partial charge in [0.05, 0.1) is 18.3 Å². The zero-order valence-electron chi connectivity index (χ0n) is 11.4. The van der Waals surface area contributed by atoms with Crippen molar-refractivity contribution in [3.63, 3.8) is 0 Å². The SMILES string of the molecule is CCOC(=O)c1ccc(NC(=O)COC(C)C)cc1. The number of hydrogen-bond donors (Lipinski definition) is 1. The fraction of sp³-hybridized carbons (Fsp3) is 0.429. The van der Waals surface area contributed by atoms with E-state index in [9.17, 15) is 9.59 Å². The number of amides is 1.